The molecule has 0 spiro atoms. The third-order valence-electron chi connectivity index (χ3n) is 3.46. The van der Waals surface area contributed by atoms with E-state index in [2.05, 4.69) is 0 Å². The minimum atomic E-state index is -0.913. The number of carboxylic acids is 1. The Kier molecular flexibility index (Phi) is 5.02. The summed E-state index contributed by atoms with van der Waals surface area (Å²) >= 11 is 0. The Morgan fingerprint density at radius 3 is 2.10 bits per heavy atom. The standard InChI is InChI=1S/C14H26N2O4/c1-13(2,3)20-12(19)15-7-6-8-16(10-9-15)14(4,5)11(17)18/h6-10H2,1-5H3,(H,17,18). The van der Waals surface area contributed by atoms with Gasteiger partial charge in [0, 0.05) is 26.2 Å². The van der Waals surface area contributed by atoms with Crippen molar-refractivity contribution in [3.05, 3.63) is 0 Å². The molecule has 1 fully saturated rings. The number of carbonyl (C=O) groups is 2. The average molecular weight is 286 g/mol. The van der Waals surface area contributed by atoms with Crippen LogP contribution < -0.4 is 0 Å². The molecule has 0 atom stereocenters. The Hall–Kier alpha value is -1.30. The van der Waals surface area contributed by atoms with E-state index in [1.807, 2.05) is 25.7 Å². The van der Waals surface area contributed by atoms with E-state index in [4.69, 9.17) is 4.74 Å². The van der Waals surface area contributed by atoms with Crippen LogP contribution in [0.1, 0.15) is 41.0 Å². The summed E-state index contributed by atoms with van der Waals surface area (Å²) in [7, 11) is 0. The van der Waals surface area contributed by atoms with E-state index < -0.39 is 17.1 Å². The number of aliphatic carboxylic acids is 1. The Bertz CT molecular complexity index is 374. The molecule has 0 aliphatic carbocycles. The van der Waals surface area contributed by atoms with E-state index in [1.54, 1.807) is 18.7 Å². The van der Waals surface area contributed by atoms with Crippen LogP contribution in [0.5, 0.6) is 0 Å². The lowest BCUT2D eigenvalue weighted by atomic mass is 10.0. The number of nitrogens with zero attached hydrogens (tertiary/aromatic N) is 2. The van der Waals surface area contributed by atoms with Crippen molar-refractivity contribution in [3.63, 3.8) is 0 Å². The zero-order chi connectivity index (χ0) is 15.6. The number of hydrogen-bond acceptors (Lipinski definition) is 4. The summed E-state index contributed by atoms with van der Waals surface area (Å²) in [5.41, 5.74) is -1.42. The first-order valence-electron chi connectivity index (χ1n) is 7.00. The van der Waals surface area contributed by atoms with Crippen molar-refractivity contribution < 1.29 is 19.4 Å². The first kappa shape index (κ1) is 16.8. The van der Waals surface area contributed by atoms with Gasteiger partial charge < -0.3 is 14.7 Å². The van der Waals surface area contributed by atoms with Gasteiger partial charge in [-0.1, -0.05) is 0 Å². The van der Waals surface area contributed by atoms with Crippen LogP contribution in [0.3, 0.4) is 0 Å². The fraction of sp³-hybridized carbons (Fsp3) is 0.857. The summed E-state index contributed by atoms with van der Waals surface area (Å²) < 4.78 is 5.35. The molecule has 1 N–H and O–H groups in total. The molecule has 1 rings (SSSR count). The molecule has 0 radical (unpaired) electrons. The lowest BCUT2D eigenvalue weighted by molar-refractivity contribution is -0.149. The topological polar surface area (TPSA) is 70.1 Å². The molecule has 6 heteroatoms. The van der Waals surface area contributed by atoms with E-state index >= 15 is 0 Å². The molecular formula is C14H26N2O4. The quantitative estimate of drug-likeness (QED) is 0.838. The molecule has 1 saturated heterocycles. The summed E-state index contributed by atoms with van der Waals surface area (Å²) in [6, 6.07) is 0. The highest BCUT2D eigenvalue weighted by Gasteiger charge is 2.36. The van der Waals surface area contributed by atoms with Gasteiger partial charge in [0.25, 0.3) is 0 Å². The number of hydrogen-bond donors (Lipinski definition) is 1. The van der Waals surface area contributed by atoms with Gasteiger partial charge in [-0.3, -0.25) is 9.69 Å². The molecule has 1 amide bonds. The number of carbonyl (C=O) groups excluding carboxylic acids is 1. The van der Waals surface area contributed by atoms with Crippen LogP contribution >= 0.6 is 0 Å². The highest BCUT2D eigenvalue weighted by molar-refractivity contribution is 5.77. The molecule has 0 aromatic heterocycles. The number of rotatable bonds is 2. The van der Waals surface area contributed by atoms with Crippen LogP contribution in [0, 0.1) is 0 Å². The molecule has 0 unspecified atom stereocenters. The third-order valence-corrected chi connectivity index (χ3v) is 3.46. The normalized spacial score (nSPS) is 18.6. The Labute approximate surface area is 120 Å². The summed E-state index contributed by atoms with van der Waals surface area (Å²) in [5, 5.41) is 9.27. The lowest BCUT2D eigenvalue weighted by Gasteiger charge is -2.34. The fourth-order valence-corrected chi connectivity index (χ4v) is 2.12. The number of ether oxygens (including phenoxy) is 1. The second-order valence-electron chi connectivity index (χ2n) is 6.67. The van der Waals surface area contributed by atoms with Gasteiger partial charge in [-0.2, -0.15) is 0 Å². The molecule has 1 aliphatic heterocycles. The minimum Gasteiger partial charge on any atom is -0.480 e. The molecule has 0 aromatic carbocycles. The fourth-order valence-electron chi connectivity index (χ4n) is 2.12. The van der Waals surface area contributed by atoms with Gasteiger partial charge in [-0.25, -0.2) is 4.79 Å². The van der Waals surface area contributed by atoms with Gasteiger partial charge in [0.1, 0.15) is 11.1 Å². The highest BCUT2D eigenvalue weighted by Crippen LogP contribution is 2.18. The highest BCUT2D eigenvalue weighted by atomic mass is 16.6. The number of carboxylic acid groups (broad SMARTS) is 1. The molecular weight excluding hydrogens is 260 g/mol. The van der Waals surface area contributed by atoms with Crippen LogP contribution in [0.2, 0.25) is 0 Å². The van der Waals surface area contributed by atoms with Crippen molar-refractivity contribution in [2.24, 2.45) is 0 Å². The molecule has 6 nitrogen and oxygen atoms in total. The maximum atomic E-state index is 12.0. The first-order valence-corrected chi connectivity index (χ1v) is 7.00. The van der Waals surface area contributed by atoms with Crippen molar-refractivity contribution in [1.29, 1.82) is 0 Å². The van der Waals surface area contributed by atoms with Crippen molar-refractivity contribution in [1.82, 2.24) is 9.80 Å². The minimum absolute atomic E-state index is 0.326. The monoisotopic (exact) mass is 286 g/mol. The van der Waals surface area contributed by atoms with E-state index in [0.29, 0.717) is 26.2 Å². The molecule has 0 saturated carbocycles. The molecule has 0 aromatic rings. The Morgan fingerprint density at radius 2 is 1.60 bits per heavy atom. The summed E-state index contributed by atoms with van der Waals surface area (Å²) in [6.07, 6.45) is 0.420. The third kappa shape index (κ3) is 4.37. The van der Waals surface area contributed by atoms with Gasteiger partial charge in [0.05, 0.1) is 0 Å². The van der Waals surface area contributed by atoms with E-state index in [1.165, 1.54) is 0 Å². The van der Waals surface area contributed by atoms with Crippen LogP contribution in [0.15, 0.2) is 0 Å². The van der Waals surface area contributed by atoms with Crippen molar-refractivity contribution in [2.75, 3.05) is 26.2 Å². The molecule has 1 heterocycles. The van der Waals surface area contributed by atoms with E-state index in [0.717, 1.165) is 6.42 Å². The molecule has 20 heavy (non-hydrogen) atoms. The Morgan fingerprint density at radius 1 is 1.00 bits per heavy atom. The number of amides is 1. The van der Waals surface area contributed by atoms with Crippen LogP contribution in [-0.4, -0.2) is 64.3 Å². The van der Waals surface area contributed by atoms with Crippen LogP contribution in [0.25, 0.3) is 0 Å². The molecule has 116 valence electrons. The second kappa shape index (κ2) is 5.99. The van der Waals surface area contributed by atoms with Gasteiger partial charge in [-0.05, 0) is 41.0 Å². The zero-order valence-electron chi connectivity index (χ0n) is 13.1. The summed E-state index contributed by atoms with van der Waals surface area (Å²) in [5.74, 6) is -0.844. The van der Waals surface area contributed by atoms with Crippen LogP contribution in [-0.2, 0) is 9.53 Å². The largest absolute Gasteiger partial charge is 0.480 e. The Balaban J connectivity index is 2.64. The predicted molar refractivity (Wildman–Crippen MR) is 75.7 cm³/mol. The SMILES string of the molecule is CC(C)(C)OC(=O)N1CCCN(C(C)(C)C(=O)O)CC1. The van der Waals surface area contributed by atoms with E-state index in [9.17, 15) is 14.7 Å². The summed E-state index contributed by atoms with van der Waals surface area (Å²) in [4.78, 5) is 26.9. The lowest BCUT2D eigenvalue weighted by Crippen LogP contribution is -2.51. The smallest absolute Gasteiger partial charge is 0.410 e. The van der Waals surface area contributed by atoms with Crippen molar-refractivity contribution >= 4 is 12.1 Å². The second-order valence-corrected chi connectivity index (χ2v) is 6.67. The predicted octanol–water partition coefficient (Wildman–Crippen LogP) is 1.79. The summed E-state index contributed by atoms with van der Waals surface area (Å²) in [6.45, 7) is 11.2. The molecule has 1 aliphatic rings. The van der Waals surface area contributed by atoms with Gasteiger partial charge in [0.2, 0.25) is 0 Å². The molecule has 0 bridgehead atoms. The van der Waals surface area contributed by atoms with Gasteiger partial charge in [0.15, 0.2) is 0 Å². The zero-order valence-corrected chi connectivity index (χ0v) is 13.1. The maximum absolute atomic E-state index is 12.0. The van der Waals surface area contributed by atoms with Crippen molar-refractivity contribution in [3.8, 4) is 0 Å². The van der Waals surface area contributed by atoms with Crippen LogP contribution in [0.4, 0.5) is 4.79 Å². The van der Waals surface area contributed by atoms with E-state index in [-0.39, 0.29) is 6.09 Å². The maximum Gasteiger partial charge on any atom is 0.410 e. The van der Waals surface area contributed by atoms with Gasteiger partial charge in [-0.15, -0.1) is 0 Å². The first-order chi connectivity index (χ1) is 9.04. The van der Waals surface area contributed by atoms with Crippen molar-refractivity contribution in [2.45, 2.75) is 52.2 Å². The van der Waals surface area contributed by atoms with Gasteiger partial charge >= 0.3 is 12.1 Å². The average Bonchev–Trinajstić information content (AvgIpc) is 2.51.